The van der Waals surface area contributed by atoms with E-state index in [0.717, 1.165) is 5.56 Å². The third-order valence-electron chi connectivity index (χ3n) is 6.00. The summed E-state index contributed by atoms with van der Waals surface area (Å²) in [5.74, 6) is -1.18. The van der Waals surface area contributed by atoms with Crippen molar-refractivity contribution < 1.29 is 28.6 Å². The quantitative estimate of drug-likeness (QED) is 0.499. The maximum absolute atomic E-state index is 14.3. The number of carbonyl (C=O) groups excluding carboxylic acids is 2. The van der Waals surface area contributed by atoms with Gasteiger partial charge >= 0.3 is 5.97 Å². The van der Waals surface area contributed by atoms with E-state index in [0.29, 0.717) is 28.2 Å². The molecule has 0 atom stereocenters. The summed E-state index contributed by atoms with van der Waals surface area (Å²) in [6.45, 7) is 9.15. The molecule has 8 nitrogen and oxygen atoms in total. The molecule has 4 rings (SSSR count). The molecule has 190 valence electrons. The molecule has 1 aromatic carbocycles. The number of aromatic nitrogens is 2. The average Bonchev–Trinajstić information content (AvgIpc) is 3.15. The molecule has 9 heteroatoms. The average molecular weight is 496 g/mol. The van der Waals surface area contributed by atoms with Crippen molar-refractivity contribution in [2.24, 2.45) is 0 Å². The van der Waals surface area contributed by atoms with Crippen LogP contribution in [0.2, 0.25) is 0 Å². The van der Waals surface area contributed by atoms with Crippen LogP contribution in [0.5, 0.6) is 5.88 Å². The summed E-state index contributed by atoms with van der Waals surface area (Å²) in [4.78, 5) is 36.1. The van der Waals surface area contributed by atoms with E-state index in [1.54, 1.807) is 45.0 Å². The molecule has 0 spiro atoms. The second-order valence-electron chi connectivity index (χ2n) is 9.77. The van der Waals surface area contributed by atoms with Crippen LogP contribution >= 0.6 is 0 Å². The van der Waals surface area contributed by atoms with Crippen molar-refractivity contribution in [2.75, 3.05) is 19.8 Å². The smallest absolute Gasteiger partial charge is 0.342 e. The first-order valence-corrected chi connectivity index (χ1v) is 11.8. The zero-order valence-corrected chi connectivity index (χ0v) is 21.0. The molecule has 0 aliphatic carbocycles. The molecule has 2 aromatic heterocycles. The molecule has 1 aliphatic rings. The highest BCUT2D eigenvalue weighted by molar-refractivity contribution is 6.18. The molecular formula is C27H30FN3O5. The fourth-order valence-electron chi connectivity index (χ4n) is 4.37. The number of hydrogen-bond acceptors (Lipinski definition) is 6. The lowest BCUT2D eigenvalue weighted by Crippen LogP contribution is -2.37. The molecule has 2 N–H and O–H groups in total. The van der Waals surface area contributed by atoms with Crippen molar-refractivity contribution in [1.82, 2.24) is 14.9 Å². The van der Waals surface area contributed by atoms with Gasteiger partial charge in [0.1, 0.15) is 12.4 Å². The van der Waals surface area contributed by atoms with Crippen LogP contribution < -0.4 is 4.74 Å². The number of aliphatic hydroxyl groups is 1. The van der Waals surface area contributed by atoms with Gasteiger partial charge in [0.15, 0.2) is 0 Å². The van der Waals surface area contributed by atoms with Gasteiger partial charge in [0.25, 0.3) is 5.91 Å². The van der Waals surface area contributed by atoms with Crippen molar-refractivity contribution in [3.8, 4) is 5.88 Å². The van der Waals surface area contributed by atoms with E-state index in [4.69, 9.17) is 14.6 Å². The zero-order valence-electron chi connectivity index (χ0n) is 21.0. The number of pyridine rings is 1. The number of hydrogen-bond donors (Lipinski definition) is 2. The minimum absolute atomic E-state index is 0.0930. The molecule has 0 saturated heterocycles. The van der Waals surface area contributed by atoms with E-state index in [-0.39, 0.29) is 37.0 Å². The number of nitrogens with zero attached hydrogens (tertiary/aromatic N) is 2. The lowest BCUT2D eigenvalue weighted by atomic mass is 9.83. The van der Waals surface area contributed by atoms with Crippen molar-refractivity contribution >= 4 is 28.5 Å². The second-order valence-corrected chi connectivity index (χ2v) is 9.77. The molecule has 0 radical (unpaired) electrons. The second kappa shape index (κ2) is 9.73. The van der Waals surface area contributed by atoms with Crippen LogP contribution in [-0.2, 0) is 14.9 Å². The predicted octanol–water partition coefficient (Wildman–Crippen LogP) is 4.11. The first-order chi connectivity index (χ1) is 17.0. The topological polar surface area (TPSA) is 105 Å². The number of H-pyrrole nitrogens is 1. The Bertz CT molecular complexity index is 1360. The van der Waals surface area contributed by atoms with Gasteiger partial charge in [-0.3, -0.25) is 4.79 Å². The Labute approximate surface area is 208 Å². The molecule has 36 heavy (non-hydrogen) atoms. The third-order valence-corrected chi connectivity index (χ3v) is 6.00. The molecule has 0 saturated carbocycles. The Hall–Kier alpha value is -3.72. The van der Waals surface area contributed by atoms with Gasteiger partial charge in [-0.05, 0) is 44.5 Å². The highest BCUT2D eigenvalue weighted by atomic mass is 19.1. The first-order valence-electron chi connectivity index (χ1n) is 11.8. The number of halogens is 1. The maximum Gasteiger partial charge on any atom is 0.342 e. The number of esters is 1. The predicted molar refractivity (Wildman–Crippen MR) is 133 cm³/mol. The number of aryl methyl sites for hydroxylation is 1. The van der Waals surface area contributed by atoms with E-state index < -0.39 is 23.1 Å². The van der Waals surface area contributed by atoms with Gasteiger partial charge in [-0.1, -0.05) is 19.9 Å². The zero-order chi connectivity index (χ0) is 26.2. The SMILES string of the molecule is Cc1ccc(C(=O)N2C=C(C(=O)OC(C)C)c3[nH]c4ccc(OCCO)nc4c3C(C)(C)C2)cc1F. The van der Waals surface area contributed by atoms with Gasteiger partial charge in [0, 0.05) is 35.4 Å². The van der Waals surface area contributed by atoms with Crippen LogP contribution in [0.4, 0.5) is 4.39 Å². The van der Waals surface area contributed by atoms with Gasteiger partial charge < -0.3 is 24.5 Å². The van der Waals surface area contributed by atoms with Crippen LogP contribution in [0.25, 0.3) is 16.6 Å². The number of amides is 1. The number of benzene rings is 1. The molecule has 0 fully saturated rings. The largest absolute Gasteiger partial charge is 0.475 e. The summed E-state index contributed by atoms with van der Waals surface area (Å²) in [6.07, 6.45) is 1.09. The van der Waals surface area contributed by atoms with Gasteiger partial charge in [0.2, 0.25) is 5.88 Å². The number of rotatable bonds is 6. The van der Waals surface area contributed by atoms with Crippen molar-refractivity contribution in [3.05, 3.63) is 64.7 Å². The number of fused-ring (bicyclic) bond motifs is 3. The normalized spacial score (nSPS) is 14.9. The monoisotopic (exact) mass is 495 g/mol. The Morgan fingerprint density at radius 3 is 2.67 bits per heavy atom. The Morgan fingerprint density at radius 2 is 2.00 bits per heavy atom. The molecular weight excluding hydrogens is 465 g/mol. The van der Waals surface area contributed by atoms with Crippen LogP contribution in [0, 0.1) is 12.7 Å². The van der Waals surface area contributed by atoms with E-state index in [9.17, 15) is 14.0 Å². The van der Waals surface area contributed by atoms with Crippen LogP contribution in [0.3, 0.4) is 0 Å². The van der Waals surface area contributed by atoms with E-state index in [2.05, 4.69) is 9.97 Å². The summed E-state index contributed by atoms with van der Waals surface area (Å²) in [7, 11) is 0. The third kappa shape index (κ3) is 4.83. The molecule has 1 amide bonds. The number of aromatic amines is 1. The lowest BCUT2D eigenvalue weighted by molar-refractivity contribution is -0.140. The lowest BCUT2D eigenvalue weighted by Gasteiger charge is -2.29. The van der Waals surface area contributed by atoms with Gasteiger partial charge in [-0.25, -0.2) is 14.2 Å². The Morgan fingerprint density at radius 1 is 1.25 bits per heavy atom. The van der Waals surface area contributed by atoms with Crippen LogP contribution in [0.1, 0.15) is 54.9 Å². The molecule has 1 aliphatic heterocycles. The van der Waals surface area contributed by atoms with Gasteiger partial charge in [0.05, 0.1) is 35.0 Å². The molecule has 3 aromatic rings. The number of aliphatic hydroxyl groups excluding tert-OH is 1. The minimum Gasteiger partial charge on any atom is -0.475 e. The number of carbonyl (C=O) groups is 2. The fourth-order valence-corrected chi connectivity index (χ4v) is 4.37. The molecule has 3 heterocycles. The number of nitrogens with one attached hydrogen (secondary N) is 1. The van der Waals surface area contributed by atoms with Crippen molar-refractivity contribution in [1.29, 1.82) is 0 Å². The minimum atomic E-state index is -0.675. The van der Waals surface area contributed by atoms with Gasteiger partial charge in [-0.15, -0.1) is 0 Å². The van der Waals surface area contributed by atoms with Crippen LogP contribution in [0.15, 0.2) is 36.5 Å². The fraction of sp³-hybridized carbons (Fsp3) is 0.370. The van der Waals surface area contributed by atoms with E-state index in [1.165, 1.54) is 17.2 Å². The molecule has 0 unspecified atom stereocenters. The van der Waals surface area contributed by atoms with E-state index in [1.807, 2.05) is 13.8 Å². The first kappa shape index (κ1) is 25.4. The summed E-state index contributed by atoms with van der Waals surface area (Å²) in [5.41, 5.74) is 2.60. The summed E-state index contributed by atoms with van der Waals surface area (Å²) < 4.78 is 25.3. The van der Waals surface area contributed by atoms with Crippen molar-refractivity contribution in [2.45, 2.75) is 46.1 Å². The Balaban J connectivity index is 1.88. The maximum atomic E-state index is 14.3. The highest BCUT2D eigenvalue weighted by Crippen LogP contribution is 2.40. The molecule has 0 bridgehead atoms. The Kier molecular flexibility index (Phi) is 6.86. The van der Waals surface area contributed by atoms with E-state index >= 15 is 0 Å². The summed E-state index contributed by atoms with van der Waals surface area (Å²) >= 11 is 0. The van der Waals surface area contributed by atoms with Crippen molar-refractivity contribution in [3.63, 3.8) is 0 Å². The highest BCUT2D eigenvalue weighted by Gasteiger charge is 2.38. The summed E-state index contributed by atoms with van der Waals surface area (Å²) in [5, 5.41) is 9.11. The standard InChI is InChI=1S/C27H30FN3O5/c1-15(2)36-26(34)18-13-31(25(33)17-7-6-16(3)19(28)12-17)14-27(4,5)22-23(18)29-20-8-9-21(30-24(20)22)35-11-10-32/h6-9,12-13,15,29,32H,10-11,14H2,1-5H3. The summed E-state index contributed by atoms with van der Waals surface area (Å²) in [6, 6.07) is 7.80. The van der Waals surface area contributed by atoms with Gasteiger partial charge in [-0.2, -0.15) is 0 Å². The van der Waals surface area contributed by atoms with Crippen LogP contribution in [-0.4, -0.2) is 57.7 Å². The number of ether oxygens (including phenoxy) is 2.